The number of thiazole rings is 2. The Morgan fingerprint density at radius 3 is 1.70 bits per heavy atom. The molecule has 0 saturated carbocycles. The fourth-order valence-corrected chi connectivity index (χ4v) is 2.45. The van der Waals surface area contributed by atoms with Gasteiger partial charge in [-0.2, -0.15) is 0 Å². The highest BCUT2D eigenvalue weighted by molar-refractivity contribution is 8.26. The van der Waals surface area contributed by atoms with E-state index in [0.717, 1.165) is 14.9 Å². The van der Waals surface area contributed by atoms with Gasteiger partial charge in [0.05, 0.1) is 12.5 Å². The lowest BCUT2D eigenvalue weighted by Crippen LogP contribution is -1.75. The number of rotatable bonds is 2. The smallest absolute Gasteiger partial charge is 0.211 e. The molecule has 2 aromatic heterocycles. The zero-order valence-electron chi connectivity index (χ0n) is 10.7. The van der Waals surface area contributed by atoms with Crippen LogP contribution in [0.25, 0.3) is 0 Å². The fourth-order valence-electron chi connectivity index (χ4n) is 0.938. The van der Waals surface area contributed by atoms with Gasteiger partial charge in [-0.1, -0.05) is 0 Å². The van der Waals surface area contributed by atoms with E-state index in [1.54, 1.807) is 17.5 Å². The Labute approximate surface area is 142 Å². The lowest BCUT2D eigenvalue weighted by atomic mass is 10.6. The summed E-state index contributed by atoms with van der Waals surface area (Å²) < 4.78 is 9.09. The van der Waals surface area contributed by atoms with Gasteiger partial charge in [-0.3, -0.25) is 0 Å². The Morgan fingerprint density at radius 2 is 1.55 bits per heavy atom. The predicted molar refractivity (Wildman–Crippen MR) is 89.0 cm³/mol. The van der Waals surface area contributed by atoms with Gasteiger partial charge in [-0.05, 0) is 13.8 Å². The third-order valence-corrected chi connectivity index (χ3v) is 3.81. The molecule has 0 radical (unpaired) electrons. The Balaban J connectivity index is 0.000000289. The number of nitrogens with zero attached hydrogens (tertiary/aromatic N) is 2. The minimum atomic E-state index is -1.67. The topological polar surface area (TPSA) is 63.1 Å². The van der Waals surface area contributed by atoms with Crippen molar-refractivity contribution in [3.63, 3.8) is 0 Å². The molecule has 4 nitrogen and oxygen atoms in total. The molecule has 0 atom stereocenters. The van der Waals surface area contributed by atoms with E-state index in [0.29, 0.717) is 5.88 Å². The minimum absolute atomic E-state index is 0.0680. The molecule has 114 valence electrons. The van der Waals surface area contributed by atoms with Crippen molar-refractivity contribution < 1.29 is 9.32 Å². The van der Waals surface area contributed by atoms with Crippen LogP contribution in [0.1, 0.15) is 19.8 Å². The first-order valence-electron chi connectivity index (χ1n) is 5.12. The van der Waals surface area contributed by atoms with Gasteiger partial charge in [0.1, 0.15) is 10.0 Å². The van der Waals surface area contributed by atoms with Gasteiger partial charge in [0, 0.05) is 43.5 Å². The van der Waals surface area contributed by atoms with E-state index < -0.39 is 9.23 Å². The predicted octanol–water partition coefficient (Wildman–Crippen LogP) is 4.18. The Hall–Kier alpha value is 0.240. The number of aliphatic hydroxyl groups excluding tert-OH is 1. The van der Waals surface area contributed by atoms with E-state index in [1.807, 2.05) is 20.0 Å². The largest absolute Gasteiger partial charge is 0.389 e. The van der Waals surface area contributed by atoms with E-state index in [9.17, 15) is 0 Å². The zero-order valence-corrected chi connectivity index (χ0v) is 15.4. The molecule has 0 aliphatic carbocycles. The van der Waals surface area contributed by atoms with Crippen LogP contribution < -0.4 is 0 Å². The van der Waals surface area contributed by atoms with Crippen LogP contribution in [0.5, 0.6) is 0 Å². The zero-order chi connectivity index (χ0) is 15.5. The molecular weight excluding hydrogens is 383 g/mol. The molecule has 2 aromatic rings. The van der Waals surface area contributed by atoms with Crippen LogP contribution >= 0.6 is 55.6 Å². The maximum Gasteiger partial charge on any atom is 0.211 e. The molecule has 0 bridgehead atoms. The van der Waals surface area contributed by atoms with Crippen LogP contribution in [0, 0.1) is 13.8 Å². The van der Waals surface area contributed by atoms with Crippen LogP contribution in [0.3, 0.4) is 0 Å². The summed E-state index contributed by atoms with van der Waals surface area (Å²) in [6.07, 6.45) is 3.60. The van der Waals surface area contributed by atoms with E-state index in [-0.39, 0.29) is 6.61 Å². The average molecular weight is 396 g/mol. The normalized spacial score (nSPS) is 9.55. The summed E-state index contributed by atoms with van der Waals surface area (Å²) in [5.41, 5.74) is 0. The molecule has 0 aliphatic heterocycles. The van der Waals surface area contributed by atoms with Crippen molar-refractivity contribution in [1.82, 2.24) is 9.97 Å². The van der Waals surface area contributed by atoms with Gasteiger partial charge >= 0.3 is 0 Å². The fraction of sp³-hybridized carbons (Fsp3) is 0.400. The summed E-state index contributed by atoms with van der Waals surface area (Å²) in [4.78, 5) is 10.3. The number of aliphatic hydroxyl groups is 1. The molecule has 10 heteroatoms. The number of aryl methyl sites for hydroxylation is 2. The van der Waals surface area contributed by atoms with E-state index in [2.05, 4.69) is 31.3 Å². The highest BCUT2D eigenvalue weighted by Gasteiger charge is 1.93. The van der Waals surface area contributed by atoms with Crippen molar-refractivity contribution in [2.75, 3.05) is 0 Å². The number of halogens is 3. The SMILES string of the molecule is Cc1cnc(CCl)s1.Cc1cnc(CO)s1.O=S(Cl)Cl. The quantitative estimate of drug-likeness (QED) is 0.612. The number of alkyl halides is 1. The van der Waals surface area contributed by atoms with Crippen molar-refractivity contribution in [1.29, 1.82) is 0 Å². The molecule has 0 fully saturated rings. The molecule has 20 heavy (non-hydrogen) atoms. The van der Waals surface area contributed by atoms with Crippen LogP contribution in [-0.2, 0) is 21.7 Å². The van der Waals surface area contributed by atoms with E-state index >= 15 is 0 Å². The van der Waals surface area contributed by atoms with Gasteiger partial charge in [-0.25, -0.2) is 14.2 Å². The molecule has 0 amide bonds. The highest BCUT2D eigenvalue weighted by atomic mass is 36.0. The highest BCUT2D eigenvalue weighted by Crippen LogP contribution is 2.12. The van der Waals surface area contributed by atoms with Crippen LogP contribution in [0.15, 0.2) is 12.4 Å². The summed E-state index contributed by atoms with van der Waals surface area (Å²) in [5, 5.41) is 10.3. The minimum Gasteiger partial charge on any atom is -0.389 e. The monoisotopic (exact) mass is 394 g/mol. The summed E-state index contributed by atoms with van der Waals surface area (Å²) in [5.74, 6) is 0.540. The standard InChI is InChI=1S/C5H6ClNS.C5H7NOS.Cl2OS/c1-4-3-7-5(2-6)8-4;1-4-2-6-5(3-7)8-4;1-4(2)3/h3H,2H2,1H3;2,7H,3H2,1H3;. The Kier molecular flexibility index (Phi) is 12.0. The number of hydrogen-bond acceptors (Lipinski definition) is 6. The third kappa shape index (κ3) is 11.0. The van der Waals surface area contributed by atoms with Gasteiger partial charge in [0.15, 0.2) is 0 Å². The van der Waals surface area contributed by atoms with Crippen LogP contribution in [0.4, 0.5) is 0 Å². The van der Waals surface area contributed by atoms with Gasteiger partial charge in [0.25, 0.3) is 0 Å². The molecule has 0 aliphatic rings. The molecule has 2 rings (SSSR count). The van der Waals surface area contributed by atoms with Crippen LogP contribution in [0.2, 0.25) is 0 Å². The summed E-state index contributed by atoms with van der Waals surface area (Å²) in [7, 11) is 7.36. The van der Waals surface area contributed by atoms with Gasteiger partial charge < -0.3 is 5.11 Å². The first-order valence-corrected chi connectivity index (χ1v) is 10.1. The summed E-state index contributed by atoms with van der Waals surface area (Å²) in [6.45, 7) is 4.06. The van der Waals surface area contributed by atoms with E-state index in [1.165, 1.54) is 16.2 Å². The summed E-state index contributed by atoms with van der Waals surface area (Å²) in [6, 6.07) is 0. The Bertz CT molecular complexity index is 475. The second-order valence-corrected chi connectivity index (χ2v) is 8.64. The molecule has 1 N–H and O–H groups in total. The first-order chi connectivity index (χ1) is 9.38. The Morgan fingerprint density at radius 1 is 1.15 bits per heavy atom. The molecule has 0 unspecified atom stereocenters. The van der Waals surface area contributed by atoms with Crippen molar-refractivity contribution in [2.45, 2.75) is 26.3 Å². The van der Waals surface area contributed by atoms with Crippen molar-refractivity contribution >= 4 is 64.9 Å². The molecule has 2 heterocycles. The van der Waals surface area contributed by atoms with E-state index in [4.69, 9.17) is 20.9 Å². The van der Waals surface area contributed by atoms with Gasteiger partial charge in [0.2, 0.25) is 9.23 Å². The lowest BCUT2D eigenvalue weighted by molar-refractivity contribution is 0.281. The lowest BCUT2D eigenvalue weighted by Gasteiger charge is -1.78. The number of aromatic nitrogens is 2. The molecular formula is C10H13Cl3N2O2S3. The maximum atomic E-state index is 9.09. The molecule has 0 aromatic carbocycles. The molecule has 0 spiro atoms. The van der Waals surface area contributed by atoms with Crippen molar-refractivity contribution in [3.05, 3.63) is 32.2 Å². The average Bonchev–Trinajstić information content (AvgIpc) is 2.97. The van der Waals surface area contributed by atoms with Gasteiger partial charge in [-0.15, -0.1) is 34.3 Å². The van der Waals surface area contributed by atoms with Crippen LogP contribution in [-0.4, -0.2) is 19.3 Å². The second kappa shape index (κ2) is 11.9. The van der Waals surface area contributed by atoms with Crippen molar-refractivity contribution in [2.24, 2.45) is 0 Å². The second-order valence-electron chi connectivity index (χ2n) is 3.21. The van der Waals surface area contributed by atoms with Crippen molar-refractivity contribution in [3.8, 4) is 0 Å². The maximum absolute atomic E-state index is 9.09. The number of hydrogen-bond donors (Lipinski definition) is 1. The molecule has 0 saturated heterocycles. The first kappa shape index (κ1) is 20.2. The summed E-state index contributed by atoms with van der Waals surface area (Å²) >= 11 is 8.66. The third-order valence-electron chi connectivity index (χ3n) is 1.59.